The van der Waals surface area contributed by atoms with E-state index in [0.717, 1.165) is 24.0 Å². The van der Waals surface area contributed by atoms with Gasteiger partial charge in [0, 0.05) is 31.3 Å². The Morgan fingerprint density at radius 1 is 1.37 bits per heavy atom. The lowest BCUT2D eigenvalue weighted by Crippen LogP contribution is -2.13. The first-order chi connectivity index (χ1) is 9.29. The fraction of sp³-hybridized carbons (Fsp3) is 0.286. The normalized spacial score (nSPS) is 11.3. The van der Waals surface area contributed by atoms with Crippen LogP contribution in [0.25, 0.3) is 22.2 Å². The molecule has 1 aromatic carbocycles. The van der Waals surface area contributed by atoms with E-state index in [1.165, 1.54) is 16.8 Å². The highest BCUT2D eigenvalue weighted by molar-refractivity contribution is 5.81. The van der Waals surface area contributed by atoms with Crippen LogP contribution in [-0.4, -0.2) is 33.3 Å². The maximum absolute atomic E-state index is 4.38. The second-order valence-corrected chi connectivity index (χ2v) is 4.62. The molecule has 0 aliphatic carbocycles. The molecule has 0 saturated carbocycles. The Morgan fingerprint density at radius 3 is 3.11 bits per heavy atom. The van der Waals surface area contributed by atoms with Gasteiger partial charge in [0.2, 0.25) is 0 Å². The number of H-pyrrole nitrogens is 1. The predicted molar refractivity (Wildman–Crippen MR) is 75.9 cm³/mol. The van der Waals surface area contributed by atoms with Crippen LogP contribution in [0.4, 0.5) is 0 Å². The molecule has 5 heteroatoms. The molecule has 2 aromatic heterocycles. The third-order valence-corrected chi connectivity index (χ3v) is 3.40. The Bertz CT molecular complexity index is 695. The summed E-state index contributed by atoms with van der Waals surface area (Å²) in [5, 5.41) is 7.56. The van der Waals surface area contributed by atoms with Crippen molar-refractivity contribution in [3.05, 3.63) is 36.4 Å². The molecule has 3 rings (SSSR count). The molecule has 0 radical (unpaired) electrons. The van der Waals surface area contributed by atoms with E-state index in [9.17, 15) is 0 Å². The molecule has 0 fully saturated rings. The highest BCUT2D eigenvalue weighted by Crippen LogP contribution is 2.26. The molecule has 0 bridgehead atoms. The van der Waals surface area contributed by atoms with Crippen molar-refractivity contribution in [1.82, 2.24) is 25.1 Å². The number of hydrogen-bond donors (Lipinski definition) is 2. The smallest absolute Gasteiger partial charge is 0.0931 e. The van der Waals surface area contributed by atoms with E-state index in [2.05, 4.69) is 32.5 Å². The molecule has 0 saturated heterocycles. The first-order valence-electron chi connectivity index (χ1n) is 6.38. The number of benzene rings is 1. The third-order valence-electron chi connectivity index (χ3n) is 3.40. The summed E-state index contributed by atoms with van der Waals surface area (Å²) in [6.07, 6.45) is 4.62. The van der Waals surface area contributed by atoms with Crippen molar-refractivity contribution in [3.63, 3.8) is 0 Å². The van der Waals surface area contributed by atoms with Crippen LogP contribution in [0, 0.1) is 0 Å². The van der Waals surface area contributed by atoms with E-state index >= 15 is 0 Å². The topological polar surface area (TPSA) is 58.5 Å². The molecule has 98 valence electrons. The van der Waals surface area contributed by atoms with Gasteiger partial charge in [-0.25, -0.2) is 4.98 Å². The van der Waals surface area contributed by atoms with Crippen LogP contribution in [0.1, 0.15) is 5.69 Å². The third kappa shape index (κ3) is 2.13. The number of rotatable bonds is 4. The molecule has 2 heterocycles. The van der Waals surface area contributed by atoms with Crippen molar-refractivity contribution in [3.8, 4) is 11.1 Å². The summed E-state index contributed by atoms with van der Waals surface area (Å²) in [4.78, 5) is 7.39. The Morgan fingerprint density at radius 2 is 2.26 bits per heavy atom. The summed E-state index contributed by atoms with van der Waals surface area (Å²) < 4.78 is 1.95. The summed E-state index contributed by atoms with van der Waals surface area (Å²) in [5.41, 5.74) is 5.66. The molecule has 0 aliphatic heterocycles. The fourth-order valence-electron chi connectivity index (χ4n) is 2.35. The maximum Gasteiger partial charge on any atom is 0.0931 e. The zero-order chi connectivity index (χ0) is 13.2. The number of aromatic nitrogens is 4. The average Bonchev–Trinajstić information content (AvgIpc) is 3.02. The first kappa shape index (κ1) is 11.9. The second kappa shape index (κ2) is 4.85. The Balaban J connectivity index is 2.05. The Hall–Kier alpha value is -2.14. The van der Waals surface area contributed by atoms with E-state index in [1.54, 1.807) is 6.33 Å². The van der Waals surface area contributed by atoms with Crippen LogP contribution in [0.3, 0.4) is 0 Å². The van der Waals surface area contributed by atoms with Crippen molar-refractivity contribution in [2.45, 2.75) is 6.42 Å². The van der Waals surface area contributed by atoms with Gasteiger partial charge in [0.05, 0.1) is 23.6 Å². The number of aryl methyl sites for hydroxylation is 1. The van der Waals surface area contributed by atoms with Crippen molar-refractivity contribution < 1.29 is 0 Å². The van der Waals surface area contributed by atoms with E-state index in [0.29, 0.717) is 0 Å². The fourth-order valence-corrected chi connectivity index (χ4v) is 2.35. The van der Waals surface area contributed by atoms with E-state index in [-0.39, 0.29) is 0 Å². The van der Waals surface area contributed by atoms with Gasteiger partial charge >= 0.3 is 0 Å². The van der Waals surface area contributed by atoms with E-state index in [4.69, 9.17) is 0 Å². The van der Waals surface area contributed by atoms with Gasteiger partial charge in [-0.3, -0.25) is 4.68 Å². The van der Waals surface area contributed by atoms with Crippen LogP contribution in [0.2, 0.25) is 0 Å². The van der Waals surface area contributed by atoms with Gasteiger partial charge in [0.1, 0.15) is 0 Å². The SMILES string of the molecule is CNCCc1c(-c2ccc3nc[nH]c3c2)cnn1C. The molecular formula is C14H17N5. The summed E-state index contributed by atoms with van der Waals surface area (Å²) in [7, 11) is 3.95. The average molecular weight is 255 g/mol. The van der Waals surface area contributed by atoms with Crippen LogP contribution in [0.5, 0.6) is 0 Å². The minimum atomic E-state index is 0.943. The summed E-state index contributed by atoms with van der Waals surface area (Å²) in [6, 6.07) is 6.27. The predicted octanol–water partition coefficient (Wildman–Crippen LogP) is 1.73. The molecule has 19 heavy (non-hydrogen) atoms. The van der Waals surface area contributed by atoms with Gasteiger partial charge < -0.3 is 10.3 Å². The van der Waals surface area contributed by atoms with Crippen LogP contribution in [0.15, 0.2) is 30.7 Å². The van der Waals surface area contributed by atoms with Gasteiger partial charge in [0.25, 0.3) is 0 Å². The summed E-state index contributed by atoms with van der Waals surface area (Å²) in [6.45, 7) is 0.943. The standard InChI is InChI=1S/C14H17N5/c1-15-6-5-14-11(8-18-19(14)2)10-3-4-12-13(7-10)17-9-16-12/h3-4,7-9,15H,5-6H2,1-2H3,(H,16,17). The van der Waals surface area contributed by atoms with Crippen molar-refractivity contribution in [2.75, 3.05) is 13.6 Å². The largest absolute Gasteiger partial charge is 0.345 e. The molecule has 0 atom stereocenters. The number of nitrogens with one attached hydrogen (secondary N) is 2. The van der Waals surface area contributed by atoms with E-state index < -0.39 is 0 Å². The highest BCUT2D eigenvalue weighted by Gasteiger charge is 2.11. The molecule has 0 spiro atoms. The number of aromatic amines is 1. The number of likely N-dealkylation sites (N-methyl/N-ethyl adjacent to an activating group) is 1. The van der Waals surface area contributed by atoms with Crippen LogP contribution in [-0.2, 0) is 13.5 Å². The number of hydrogen-bond acceptors (Lipinski definition) is 3. The van der Waals surface area contributed by atoms with Crippen molar-refractivity contribution in [2.24, 2.45) is 7.05 Å². The lowest BCUT2D eigenvalue weighted by atomic mass is 10.0. The van der Waals surface area contributed by atoms with E-state index in [1.807, 2.05) is 31.0 Å². The molecule has 0 unspecified atom stereocenters. The number of nitrogens with zero attached hydrogens (tertiary/aromatic N) is 3. The molecule has 3 aromatic rings. The monoisotopic (exact) mass is 255 g/mol. The maximum atomic E-state index is 4.38. The lowest BCUT2D eigenvalue weighted by Gasteiger charge is -2.06. The summed E-state index contributed by atoms with van der Waals surface area (Å²) in [5.74, 6) is 0. The minimum absolute atomic E-state index is 0.943. The van der Waals surface area contributed by atoms with Gasteiger partial charge in [-0.1, -0.05) is 6.07 Å². The summed E-state index contributed by atoms with van der Waals surface area (Å²) >= 11 is 0. The molecular weight excluding hydrogens is 238 g/mol. The van der Waals surface area contributed by atoms with Crippen molar-refractivity contribution in [1.29, 1.82) is 0 Å². The minimum Gasteiger partial charge on any atom is -0.345 e. The van der Waals surface area contributed by atoms with Crippen molar-refractivity contribution >= 4 is 11.0 Å². The van der Waals surface area contributed by atoms with Crippen LogP contribution >= 0.6 is 0 Å². The molecule has 0 amide bonds. The lowest BCUT2D eigenvalue weighted by molar-refractivity contribution is 0.682. The highest BCUT2D eigenvalue weighted by atomic mass is 15.3. The number of fused-ring (bicyclic) bond motifs is 1. The Labute approximate surface area is 111 Å². The van der Waals surface area contributed by atoms with Gasteiger partial charge in [0.15, 0.2) is 0 Å². The van der Waals surface area contributed by atoms with Gasteiger partial charge in [-0.05, 0) is 24.7 Å². The number of imidazole rings is 1. The zero-order valence-electron chi connectivity index (χ0n) is 11.1. The van der Waals surface area contributed by atoms with Gasteiger partial charge in [-0.2, -0.15) is 5.10 Å². The molecule has 5 nitrogen and oxygen atoms in total. The molecule has 2 N–H and O–H groups in total. The van der Waals surface area contributed by atoms with Gasteiger partial charge in [-0.15, -0.1) is 0 Å². The quantitative estimate of drug-likeness (QED) is 0.746. The zero-order valence-corrected chi connectivity index (χ0v) is 11.1. The van der Waals surface area contributed by atoms with Crippen LogP contribution < -0.4 is 5.32 Å². The molecule has 0 aliphatic rings. The first-order valence-corrected chi connectivity index (χ1v) is 6.38. The Kier molecular flexibility index (Phi) is 3.05. The second-order valence-electron chi connectivity index (χ2n) is 4.62.